The number of thiophene rings is 1. The summed E-state index contributed by atoms with van der Waals surface area (Å²) in [7, 11) is 0. The second kappa shape index (κ2) is 8.27. The molecule has 0 saturated carbocycles. The summed E-state index contributed by atoms with van der Waals surface area (Å²) in [6.07, 6.45) is 0.862. The highest BCUT2D eigenvalue weighted by atomic mass is 32.1. The fourth-order valence-corrected chi connectivity index (χ4v) is 7.19. The lowest BCUT2D eigenvalue weighted by Gasteiger charge is -2.19. The number of hydrogen-bond donors (Lipinski definition) is 0. The number of benzene rings is 6. The van der Waals surface area contributed by atoms with Gasteiger partial charge in [-0.2, -0.15) is 0 Å². The fraction of sp³-hybridized carbons (Fsp3) is 0.0571. The van der Waals surface area contributed by atoms with Crippen LogP contribution in [0.25, 0.3) is 69.6 Å². The number of imidazole rings is 1. The summed E-state index contributed by atoms with van der Waals surface area (Å²) in [5.41, 5.74) is 5.95. The number of aromatic nitrogens is 2. The molecule has 0 aliphatic heterocycles. The van der Waals surface area contributed by atoms with Gasteiger partial charge >= 0.3 is 0 Å². The van der Waals surface area contributed by atoms with Crippen molar-refractivity contribution >= 4 is 64.1 Å². The smallest absolute Gasteiger partial charge is 0.114 e. The Hall–Kier alpha value is -4.47. The zero-order valence-corrected chi connectivity index (χ0v) is 21.8. The first kappa shape index (κ1) is 21.6. The van der Waals surface area contributed by atoms with Crippen molar-refractivity contribution in [1.29, 1.82) is 0 Å². The minimum absolute atomic E-state index is 0.862. The number of rotatable bonds is 3. The first-order valence-corrected chi connectivity index (χ1v) is 14.0. The predicted octanol–water partition coefficient (Wildman–Crippen LogP) is 9.93. The second-order valence-corrected chi connectivity index (χ2v) is 10.9. The molecule has 0 bridgehead atoms. The highest BCUT2D eigenvalue weighted by molar-refractivity contribution is 7.25. The van der Waals surface area contributed by atoms with Gasteiger partial charge in [-0.05, 0) is 52.2 Å². The van der Waals surface area contributed by atoms with E-state index in [0.29, 0.717) is 0 Å². The van der Waals surface area contributed by atoms with Gasteiger partial charge in [0.25, 0.3) is 0 Å². The number of fused-ring (bicyclic) bond motifs is 6. The average molecular weight is 505 g/mol. The molecular formula is C35H24N2S. The van der Waals surface area contributed by atoms with Gasteiger partial charge in [-0.15, -0.1) is 11.3 Å². The zero-order valence-electron chi connectivity index (χ0n) is 21.0. The Morgan fingerprint density at radius 1 is 0.605 bits per heavy atom. The van der Waals surface area contributed by atoms with Gasteiger partial charge < -0.3 is 0 Å². The van der Waals surface area contributed by atoms with Gasteiger partial charge in [-0.1, -0.05) is 91.9 Å². The van der Waals surface area contributed by atoms with Crippen molar-refractivity contribution in [1.82, 2.24) is 9.55 Å². The molecule has 0 aliphatic rings. The molecule has 2 aromatic heterocycles. The molecule has 8 aromatic rings. The van der Waals surface area contributed by atoms with Gasteiger partial charge in [0.05, 0.1) is 16.7 Å². The van der Waals surface area contributed by atoms with Gasteiger partial charge in [0.2, 0.25) is 0 Å². The van der Waals surface area contributed by atoms with Gasteiger partial charge in [0.1, 0.15) is 5.82 Å². The van der Waals surface area contributed by atoms with E-state index in [-0.39, 0.29) is 0 Å². The molecule has 38 heavy (non-hydrogen) atoms. The highest BCUT2D eigenvalue weighted by Gasteiger charge is 2.20. The summed E-state index contributed by atoms with van der Waals surface area (Å²) < 4.78 is 5.06. The molecule has 6 aromatic carbocycles. The summed E-state index contributed by atoms with van der Waals surface area (Å²) in [5.74, 6) is 1.08. The van der Waals surface area contributed by atoms with Crippen molar-refractivity contribution in [3.8, 4) is 16.8 Å². The van der Waals surface area contributed by atoms with Crippen molar-refractivity contribution in [3.05, 3.63) is 121 Å². The van der Waals surface area contributed by atoms with Crippen molar-refractivity contribution in [2.45, 2.75) is 13.3 Å². The van der Waals surface area contributed by atoms with E-state index in [0.717, 1.165) is 23.3 Å². The van der Waals surface area contributed by atoms with Crippen LogP contribution in [0.2, 0.25) is 0 Å². The largest absolute Gasteiger partial charge is 0.295 e. The van der Waals surface area contributed by atoms with Crippen LogP contribution in [0.3, 0.4) is 0 Å². The van der Waals surface area contributed by atoms with Crippen LogP contribution < -0.4 is 0 Å². The van der Waals surface area contributed by atoms with E-state index in [1.165, 1.54) is 58.5 Å². The van der Waals surface area contributed by atoms with E-state index in [2.05, 4.69) is 127 Å². The van der Waals surface area contributed by atoms with Crippen molar-refractivity contribution in [2.24, 2.45) is 0 Å². The van der Waals surface area contributed by atoms with E-state index >= 15 is 0 Å². The Bertz CT molecular complexity index is 2120. The molecule has 0 atom stereocenters. The number of aryl methyl sites for hydroxylation is 1. The molecule has 8 rings (SSSR count). The molecule has 0 spiro atoms. The van der Waals surface area contributed by atoms with Crippen molar-refractivity contribution < 1.29 is 0 Å². The van der Waals surface area contributed by atoms with Gasteiger partial charge in [-0.3, -0.25) is 4.57 Å². The van der Waals surface area contributed by atoms with E-state index in [9.17, 15) is 0 Å². The zero-order chi connectivity index (χ0) is 25.2. The topological polar surface area (TPSA) is 17.8 Å². The third-order valence-corrected chi connectivity index (χ3v) is 8.89. The van der Waals surface area contributed by atoms with Crippen LogP contribution in [0.5, 0.6) is 0 Å². The standard InChI is InChI=1S/C35H24N2S/c1-2-33-36-29-16-8-9-17-30(29)37(33)35-26-14-5-3-12-24(26)34(25-13-4-6-15-27(25)35)22-19-20-32-28(21-22)23-11-7-10-18-31(23)38-32/h3-21H,2H2,1H3. The molecule has 0 saturated heterocycles. The maximum absolute atomic E-state index is 5.02. The summed E-state index contributed by atoms with van der Waals surface area (Å²) in [4.78, 5) is 5.02. The van der Waals surface area contributed by atoms with Crippen LogP contribution in [0.1, 0.15) is 12.7 Å². The molecule has 0 fully saturated rings. The van der Waals surface area contributed by atoms with Crippen LogP contribution in [-0.2, 0) is 6.42 Å². The normalized spacial score (nSPS) is 11.9. The quantitative estimate of drug-likeness (QED) is 0.219. The van der Waals surface area contributed by atoms with Crippen LogP contribution in [-0.4, -0.2) is 9.55 Å². The van der Waals surface area contributed by atoms with Gasteiger partial charge in [0.15, 0.2) is 0 Å². The number of hydrogen-bond acceptors (Lipinski definition) is 2. The molecule has 0 amide bonds. The van der Waals surface area contributed by atoms with Gasteiger partial charge in [0, 0.05) is 37.4 Å². The molecule has 0 aliphatic carbocycles. The van der Waals surface area contributed by atoms with Crippen LogP contribution in [0.15, 0.2) is 115 Å². The maximum Gasteiger partial charge on any atom is 0.114 e. The van der Waals surface area contributed by atoms with E-state index in [4.69, 9.17) is 4.98 Å². The fourth-order valence-electron chi connectivity index (χ4n) is 6.10. The minimum Gasteiger partial charge on any atom is -0.295 e. The average Bonchev–Trinajstić information content (AvgIpc) is 3.53. The third-order valence-electron chi connectivity index (χ3n) is 7.74. The van der Waals surface area contributed by atoms with Crippen molar-refractivity contribution in [3.63, 3.8) is 0 Å². The molecule has 2 heterocycles. The lowest BCUT2D eigenvalue weighted by atomic mass is 9.90. The minimum atomic E-state index is 0.862. The summed E-state index contributed by atoms with van der Waals surface area (Å²) in [5, 5.41) is 7.68. The van der Waals surface area contributed by atoms with Crippen LogP contribution in [0, 0.1) is 0 Å². The van der Waals surface area contributed by atoms with E-state index in [1.54, 1.807) is 0 Å². The molecule has 0 N–H and O–H groups in total. The SMILES string of the molecule is CCc1nc2ccccc2n1-c1c2ccccc2c(-c2ccc3sc4ccccc4c3c2)c2ccccc12. The third kappa shape index (κ3) is 3.03. The Morgan fingerprint density at radius 3 is 1.95 bits per heavy atom. The summed E-state index contributed by atoms with van der Waals surface area (Å²) in [6.45, 7) is 2.19. The molecule has 180 valence electrons. The maximum atomic E-state index is 5.02. The summed E-state index contributed by atoms with van der Waals surface area (Å²) in [6, 6.07) is 42.0. The Kier molecular flexibility index (Phi) is 4.70. The second-order valence-electron chi connectivity index (χ2n) is 9.83. The molecular weight excluding hydrogens is 480 g/mol. The monoisotopic (exact) mass is 504 g/mol. The lowest BCUT2D eigenvalue weighted by Crippen LogP contribution is -2.03. The summed E-state index contributed by atoms with van der Waals surface area (Å²) >= 11 is 1.87. The van der Waals surface area contributed by atoms with E-state index < -0.39 is 0 Å². The number of para-hydroxylation sites is 2. The molecule has 0 radical (unpaired) electrons. The molecule has 0 unspecified atom stereocenters. The Labute approximate surface area is 224 Å². The van der Waals surface area contributed by atoms with Gasteiger partial charge in [-0.25, -0.2) is 4.98 Å². The highest BCUT2D eigenvalue weighted by Crippen LogP contribution is 2.44. The predicted molar refractivity (Wildman–Crippen MR) is 164 cm³/mol. The first-order chi connectivity index (χ1) is 18.8. The molecule has 3 heteroatoms. The Balaban J connectivity index is 1.53. The first-order valence-electron chi connectivity index (χ1n) is 13.1. The van der Waals surface area contributed by atoms with Crippen LogP contribution in [0.4, 0.5) is 0 Å². The van der Waals surface area contributed by atoms with Crippen LogP contribution >= 0.6 is 11.3 Å². The molecule has 2 nitrogen and oxygen atoms in total. The lowest BCUT2D eigenvalue weighted by molar-refractivity contribution is 0.917. The van der Waals surface area contributed by atoms with E-state index in [1.807, 2.05) is 11.3 Å². The number of nitrogens with zero attached hydrogens (tertiary/aromatic N) is 2. The van der Waals surface area contributed by atoms with Crippen molar-refractivity contribution in [2.75, 3.05) is 0 Å². The Morgan fingerprint density at radius 2 is 1.21 bits per heavy atom.